The molecule has 5 nitrogen and oxygen atoms in total. The van der Waals surface area contributed by atoms with Crippen molar-refractivity contribution in [3.8, 4) is 5.75 Å². The van der Waals surface area contributed by atoms with Crippen LogP contribution in [0.4, 0.5) is 5.69 Å². The maximum atomic E-state index is 11.7. The molecule has 0 aromatic heterocycles. The van der Waals surface area contributed by atoms with E-state index in [0.717, 1.165) is 19.3 Å². The Balaban J connectivity index is 2.14. The maximum absolute atomic E-state index is 11.7. The lowest BCUT2D eigenvalue weighted by Crippen LogP contribution is -2.24. The third kappa shape index (κ3) is 3.43. The first kappa shape index (κ1) is 15.1. The van der Waals surface area contributed by atoms with Crippen molar-refractivity contribution in [3.63, 3.8) is 0 Å². The fourth-order valence-electron chi connectivity index (χ4n) is 2.58. The molecule has 0 radical (unpaired) electrons. The number of rotatable bonds is 4. The molecule has 0 bridgehead atoms. The summed E-state index contributed by atoms with van der Waals surface area (Å²) in [5, 5.41) is 0. The number of ether oxygens (including phenoxy) is 1. The summed E-state index contributed by atoms with van der Waals surface area (Å²) in [4.78, 5) is 0.155. The zero-order valence-corrected chi connectivity index (χ0v) is 12.7. The van der Waals surface area contributed by atoms with Crippen molar-refractivity contribution in [3.05, 3.63) is 18.2 Å². The highest BCUT2D eigenvalue weighted by atomic mass is 32.2. The van der Waals surface area contributed by atoms with Crippen LogP contribution in [-0.2, 0) is 10.0 Å². The van der Waals surface area contributed by atoms with E-state index in [1.165, 1.54) is 25.6 Å². The predicted octanol–water partition coefficient (Wildman–Crippen LogP) is 2.13. The first-order valence-corrected chi connectivity index (χ1v) is 8.40. The zero-order chi connectivity index (χ0) is 14.8. The lowest BCUT2D eigenvalue weighted by molar-refractivity contribution is 0.130. The smallest absolute Gasteiger partial charge is 0.240 e. The predicted molar refractivity (Wildman–Crippen MR) is 79.1 cm³/mol. The third-order valence-electron chi connectivity index (χ3n) is 3.74. The first-order valence-electron chi connectivity index (χ1n) is 6.92. The van der Waals surface area contributed by atoms with Gasteiger partial charge in [-0.25, -0.2) is 13.1 Å². The molecule has 2 rings (SSSR count). The van der Waals surface area contributed by atoms with Gasteiger partial charge in [0.25, 0.3) is 0 Å². The van der Waals surface area contributed by atoms with Gasteiger partial charge in [0.1, 0.15) is 5.75 Å². The summed E-state index contributed by atoms with van der Waals surface area (Å²) in [5.41, 5.74) is 6.27. The molecular formula is C14H22N2O3S. The van der Waals surface area contributed by atoms with E-state index in [2.05, 4.69) is 11.6 Å². The molecule has 0 spiro atoms. The van der Waals surface area contributed by atoms with Crippen molar-refractivity contribution >= 4 is 15.7 Å². The second kappa shape index (κ2) is 6.01. The standard InChI is InChI=1S/C14H22N2O3S/c1-10-4-3-5-11(8-10)19-14-7-6-12(9-13(14)15)20(17,18)16-2/h6-7,9-11,16H,3-5,8,15H2,1-2H3. The molecule has 1 aromatic carbocycles. The van der Waals surface area contributed by atoms with E-state index in [-0.39, 0.29) is 11.0 Å². The Hall–Kier alpha value is -1.27. The average Bonchev–Trinajstić information content (AvgIpc) is 2.41. The van der Waals surface area contributed by atoms with Crippen LogP contribution >= 0.6 is 0 Å². The van der Waals surface area contributed by atoms with E-state index >= 15 is 0 Å². The summed E-state index contributed by atoms with van der Waals surface area (Å²) in [7, 11) is -2.09. The van der Waals surface area contributed by atoms with Crippen LogP contribution in [0.1, 0.15) is 32.6 Å². The van der Waals surface area contributed by atoms with Crippen LogP contribution in [0.3, 0.4) is 0 Å². The number of nitrogens with two attached hydrogens (primary N) is 1. The van der Waals surface area contributed by atoms with Crippen molar-refractivity contribution in [2.24, 2.45) is 5.92 Å². The van der Waals surface area contributed by atoms with Gasteiger partial charge in [-0.2, -0.15) is 0 Å². The van der Waals surface area contributed by atoms with Crippen molar-refractivity contribution < 1.29 is 13.2 Å². The minimum Gasteiger partial charge on any atom is -0.488 e. The molecule has 3 N–H and O–H groups in total. The van der Waals surface area contributed by atoms with Crippen LogP contribution in [0.25, 0.3) is 0 Å². The van der Waals surface area contributed by atoms with E-state index in [1.807, 2.05) is 0 Å². The van der Waals surface area contributed by atoms with E-state index in [9.17, 15) is 8.42 Å². The molecule has 1 fully saturated rings. The normalized spacial score (nSPS) is 23.5. The van der Waals surface area contributed by atoms with E-state index < -0.39 is 10.0 Å². The highest BCUT2D eigenvalue weighted by molar-refractivity contribution is 7.89. The summed E-state index contributed by atoms with van der Waals surface area (Å²) >= 11 is 0. The number of nitrogen functional groups attached to an aromatic ring is 1. The minimum atomic E-state index is -3.46. The van der Waals surface area contributed by atoms with Crippen molar-refractivity contribution in [1.82, 2.24) is 4.72 Å². The minimum absolute atomic E-state index is 0.155. The number of hydrogen-bond donors (Lipinski definition) is 2. The Kier molecular flexibility index (Phi) is 4.55. The first-order chi connectivity index (χ1) is 9.42. The van der Waals surface area contributed by atoms with Gasteiger partial charge in [0.2, 0.25) is 10.0 Å². The van der Waals surface area contributed by atoms with Gasteiger partial charge in [-0.3, -0.25) is 0 Å². The van der Waals surface area contributed by atoms with E-state index in [4.69, 9.17) is 10.5 Å². The maximum Gasteiger partial charge on any atom is 0.240 e. The fraction of sp³-hybridized carbons (Fsp3) is 0.571. The van der Waals surface area contributed by atoms with Crippen LogP contribution in [-0.4, -0.2) is 21.6 Å². The Labute approximate surface area is 120 Å². The number of sulfonamides is 1. The Morgan fingerprint density at radius 1 is 1.35 bits per heavy atom. The lowest BCUT2D eigenvalue weighted by Gasteiger charge is -2.27. The van der Waals surface area contributed by atoms with Gasteiger partial charge in [-0.05, 0) is 50.4 Å². The number of anilines is 1. The molecule has 0 heterocycles. The van der Waals surface area contributed by atoms with E-state index in [1.54, 1.807) is 6.07 Å². The fourth-order valence-corrected chi connectivity index (χ4v) is 3.35. The molecule has 6 heteroatoms. The van der Waals surface area contributed by atoms with Gasteiger partial charge in [0.05, 0.1) is 16.7 Å². The van der Waals surface area contributed by atoms with Gasteiger partial charge in [-0.15, -0.1) is 0 Å². The lowest BCUT2D eigenvalue weighted by atomic mass is 9.89. The SMILES string of the molecule is CNS(=O)(=O)c1ccc(OC2CCCC(C)C2)c(N)c1. The molecule has 2 atom stereocenters. The molecule has 1 aliphatic carbocycles. The monoisotopic (exact) mass is 298 g/mol. The number of nitrogens with one attached hydrogen (secondary N) is 1. The van der Waals surface area contributed by atoms with Gasteiger partial charge in [0.15, 0.2) is 0 Å². The van der Waals surface area contributed by atoms with Gasteiger partial charge in [0, 0.05) is 0 Å². The van der Waals surface area contributed by atoms with Crippen molar-refractivity contribution in [2.75, 3.05) is 12.8 Å². The summed E-state index contributed by atoms with van der Waals surface area (Å²) in [6, 6.07) is 4.59. The Bertz CT molecular complexity index is 572. The molecule has 2 unspecified atom stereocenters. The summed E-state index contributed by atoms with van der Waals surface area (Å²) in [5.74, 6) is 1.23. The Morgan fingerprint density at radius 3 is 2.70 bits per heavy atom. The van der Waals surface area contributed by atoms with Gasteiger partial charge in [-0.1, -0.05) is 13.3 Å². The quantitative estimate of drug-likeness (QED) is 0.834. The molecule has 0 saturated heterocycles. The van der Waals surface area contributed by atoms with Crippen LogP contribution in [0.15, 0.2) is 23.1 Å². The number of benzene rings is 1. The molecule has 1 aliphatic rings. The second-order valence-electron chi connectivity index (χ2n) is 5.42. The van der Waals surface area contributed by atoms with E-state index in [0.29, 0.717) is 17.4 Å². The summed E-state index contributed by atoms with van der Waals surface area (Å²) < 4.78 is 31.6. The molecule has 0 aliphatic heterocycles. The average molecular weight is 298 g/mol. The molecule has 112 valence electrons. The third-order valence-corrected chi connectivity index (χ3v) is 5.15. The highest BCUT2D eigenvalue weighted by Gasteiger charge is 2.21. The largest absolute Gasteiger partial charge is 0.488 e. The van der Waals surface area contributed by atoms with Gasteiger partial charge < -0.3 is 10.5 Å². The molecule has 0 amide bonds. The molecular weight excluding hydrogens is 276 g/mol. The summed E-state index contributed by atoms with van der Waals surface area (Å²) in [6.45, 7) is 2.22. The topological polar surface area (TPSA) is 81.4 Å². The zero-order valence-electron chi connectivity index (χ0n) is 11.9. The van der Waals surface area contributed by atoms with Crippen molar-refractivity contribution in [2.45, 2.75) is 43.6 Å². The second-order valence-corrected chi connectivity index (χ2v) is 7.31. The molecule has 1 aromatic rings. The highest BCUT2D eigenvalue weighted by Crippen LogP contribution is 2.31. The molecule has 1 saturated carbocycles. The van der Waals surface area contributed by atoms with Crippen molar-refractivity contribution in [1.29, 1.82) is 0 Å². The number of hydrogen-bond acceptors (Lipinski definition) is 4. The van der Waals surface area contributed by atoms with Crippen LogP contribution in [0.5, 0.6) is 5.75 Å². The Morgan fingerprint density at radius 2 is 2.10 bits per heavy atom. The van der Waals surface area contributed by atoms with Crippen LogP contribution in [0, 0.1) is 5.92 Å². The summed E-state index contributed by atoms with van der Waals surface area (Å²) in [6.07, 6.45) is 4.64. The van der Waals surface area contributed by atoms with Gasteiger partial charge >= 0.3 is 0 Å². The van der Waals surface area contributed by atoms with Crippen LogP contribution in [0.2, 0.25) is 0 Å². The van der Waals surface area contributed by atoms with Crippen LogP contribution < -0.4 is 15.2 Å². The molecule has 20 heavy (non-hydrogen) atoms.